The summed E-state index contributed by atoms with van der Waals surface area (Å²) in [6.45, 7) is 5.11. The number of hydrogen-bond donors (Lipinski definition) is 2. The molecule has 2 fully saturated rings. The molecule has 0 radical (unpaired) electrons. The van der Waals surface area contributed by atoms with E-state index in [1.54, 1.807) is 4.90 Å². The third kappa shape index (κ3) is 2.36. The number of carbonyl (C=O) groups excluding carboxylic acids is 1. The summed E-state index contributed by atoms with van der Waals surface area (Å²) in [6.07, 6.45) is 0.173. The summed E-state index contributed by atoms with van der Waals surface area (Å²) in [5.74, 6) is 0.249. The molecule has 92 valence electrons. The maximum Gasteiger partial charge on any atom is 0.227 e. The third-order valence-electron chi connectivity index (χ3n) is 3.34. The zero-order valence-electron chi connectivity index (χ0n) is 9.69. The van der Waals surface area contributed by atoms with Crippen LogP contribution in [0.3, 0.4) is 0 Å². The molecule has 3 atom stereocenters. The molecule has 2 aliphatic rings. The topological polar surface area (TPSA) is 61.8 Å². The van der Waals surface area contributed by atoms with Crippen molar-refractivity contribution in [3.05, 3.63) is 0 Å². The van der Waals surface area contributed by atoms with E-state index in [2.05, 4.69) is 5.32 Å². The van der Waals surface area contributed by atoms with E-state index in [9.17, 15) is 9.90 Å². The second-order valence-corrected chi connectivity index (χ2v) is 4.49. The Bertz CT molecular complexity index is 254. The molecule has 5 nitrogen and oxygen atoms in total. The molecule has 5 heteroatoms. The van der Waals surface area contributed by atoms with Crippen molar-refractivity contribution in [1.82, 2.24) is 10.2 Å². The molecule has 0 saturated carbocycles. The lowest BCUT2D eigenvalue weighted by atomic mass is 10.1. The molecule has 0 unspecified atom stereocenters. The van der Waals surface area contributed by atoms with Crippen molar-refractivity contribution in [2.75, 3.05) is 32.8 Å². The minimum atomic E-state index is -0.529. The number of aliphatic hydroxyl groups is 1. The second kappa shape index (κ2) is 5.12. The molecule has 2 heterocycles. The molecule has 0 bridgehead atoms. The van der Waals surface area contributed by atoms with Gasteiger partial charge in [-0.15, -0.1) is 0 Å². The lowest BCUT2D eigenvalue weighted by Gasteiger charge is -2.19. The quantitative estimate of drug-likeness (QED) is 0.664. The van der Waals surface area contributed by atoms with E-state index < -0.39 is 6.10 Å². The van der Waals surface area contributed by atoms with E-state index in [1.807, 2.05) is 6.92 Å². The number of amides is 1. The zero-order valence-corrected chi connectivity index (χ0v) is 9.69. The fraction of sp³-hybridized carbons (Fsp3) is 0.909. The highest BCUT2D eigenvalue weighted by molar-refractivity contribution is 5.79. The summed E-state index contributed by atoms with van der Waals surface area (Å²) < 4.78 is 5.40. The van der Waals surface area contributed by atoms with Crippen molar-refractivity contribution in [2.45, 2.75) is 25.6 Å². The highest BCUT2D eigenvalue weighted by atomic mass is 16.5. The van der Waals surface area contributed by atoms with E-state index in [4.69, 9.17) is 4.74 Å². The maximum absolute atomic E-state index is 12.1. The van der Waals surface area contributed by atoms with Crippen LogP contribution in [0.4, 0.5) is 0 Å². The number of ether oxygens (including phenoxy) is 1. The molecular formula is C11H20N2O3. The fourth-order valence-electron chi connectivity index (χ4n) is 2.44. The first-order valence-corrected chi connectivity index (χ1v) is 6.01. The number of nitrogens with zero attached hydrogens (tertiary/aromatic N) is 1. The number of likely N-dealkylation sites (tertiary alicyclic amines) is 1. The van der Waals surface area contributed by atoms with E-state index >= 15 is 0 Å². The van der Waals surface area contributed by atoms with Gasteiger partial charge in [-0.25, -0.2) is 0 Å². The molecule has 0 aromatic rings. The van der Waals surface area contributed by atoms with Crippen molar-refractivity contribution >= 4 is 5.91 Å². The summed E-state index contributed by atoms with van der Waals surface area (Å²) in [7, 11) is 0. The lowest BCUT2D eigenvalue weighted by Crippen LogP contribution is -2.36. The van der Waals surface area contributed by atoms with E-state index in [0.717, 1.165) is 19.5 Å². The van der Waals surface area contributed by atoms with Gasteiger partial charge in [0.1, 0.15) is 6.10 Å². The number of nitrogens with one attached hydrogen (secondary N) is 1. The summed E-state index contributed by atoms with van der Waals surface area (Å²) in [6, 6.07) is 0. The summed E-state index contributed by atoms with van der Waals surface area (Å²) in [5, 5.41) is 12.9. The van der Waals surface area contributed by atoms with E-state index in [1.165, 1.54) is 0 Å². The molecule has 2 rings (SSSR count). The first-order chi connectivity index (χ1) is 7.72. The molecule has 16 heavy (non-hydrogen) atoms. The van der Waals surface area contributed by atoms with Crippen molar-refractivity contribution in [2.24, 2.45) is 5.92 Å². The van der Waals surface area contributed by atoms with Gasteiger partial charge in [-0.3, -0.25) is 4.79 Å². The van der Waals surface area contributed by atoms with E-state index in [-0.39, 0.29) is 17.9 Å². The van der Waals surface area contributed by atoms with Crippen LogP contribution in [-0.4, -0.2) is 60.9 Å². The molecule has 2 aliphatic heterocycles. The largest absolute Gasteiger partial charge is 0.388 e. The van der Waals surface area contributed by atoms with Gasteiger partial charge in [0, 0.05) is 26.2 Å². The fourth-order valence-corrected chi connectivity index (χ4v) is 2.44. The molecule has 1 amide bonds. The minimum Gasteiger partial charge on any atom is -0.388 e. The van der Waals surface area contributed by atoms with Crippen LogP contribution in [0.2, 0.25) is 0 Å². The van der Waals surface area contributed by atoms with Crippen LogP contribution in [0.25, 0.3) is 0 Å². The highest BCUT2D eigenvalue weighted by Crippen LogP contribution is 2.19. The van der Waals surface area contributed by atoms with Gasteiger partial charge in [0.05, 0.1) is 12.0 Å². The number of hydrogen-bond acceptors (Lipinski definition) is 4. The van der Waals surface area contributed by atoms with Crippen LogP contribution in [0.15, 0.2) is 0 Å². The molecule has 0 spiro atoms. The molecule has 2 saturated heterocycles. The minimum absolute atomic E-state index is 0.0903. The maximum atomic E-state index is 12.1. The Morgan fingerprint density at radius 2 is 2.38 bits per heavy atom. The Balaban J connectivity index is 1.88. The first-order valence-electron chi connectivity index (χ1n) is 6.01. The van der Waals surface area contributed by atoms with Gasteiger partial charge in [-0.1, -0.05) is 0 Å². The number of rotatable bonds is 3. The van der Waals surface area contributed by atoms with Crippen molar-refractivity contribution < 1.29 is 14.6 Å². The molecule has 2 N–H and O–H groups in total. The number of carbonyl (C=O) groups is 1. The van der Waals surface area contributed by atoms with Gasteiger partial charge in [-0.05, 0) is 19.9 Å². The van der Waals surface area contributed by atoms with Crippen LogP contribution in [0, 0.1) is 5.92 Å². The number of β-amino-alcohol motifs (C(OH)–C–C–N with tert-alkyl or cyclic N) is 1. The standard InChI is InChI=1S/C11H20N2O3/c1-2-16-10-7-13(6-9(10)14)11(15)8-3-4-12-5-8/h8-10,12,14H,2-7H2,1H3/t8-,9+,10+/m0/s1. The van der Waals surface area contributed by atoms with Gasteiger partial charge in [-0.2, -0.15) is 0 Å². The smallest absolute Gasteiger partial charge is 0.227 e. The summed E-state index contributed by atoms with van der Waals surface area (Å²) >= 11 is 0. The summed E-state index contributed by atoms with van der Waals surface area (Å²) in [4.78, 5) is 13.8. The summed E-state index contributed by atoms with van der Waals surface area (Å²) in [5.41, 5.74) is 0. The molecule has 0 aromatic carbocycles. The average molecular weight is 228 g/mol. The van der Waals surface area contributed by atoms with Crippen LogP contribution >= 0.6 is 0 Å². The van der Waals surface area contributed by atoms with Crippen LogP contribution < -0.4 is 5.32 Å². The Labute approximate surface area is 95.8 Å². The van der Waals surface area contributed by atoms with Gasteiger partial charge in [0.15, 0.2) is 0 Å². The van der Waals surface area contributed by atoms with Gasteiger partial charge < -0.3 is 20.1 Å². The van der Waals surface area contributed by atoms with Gasteiger partial charge >= 0.3 is 0 Å². The monoisotopic (exact) mass is 228 g/mol. The van der Waals surface area contributed by atoms with Gasteiger partial charge in [0.25, 0.3) is 0 Å². The van der Waals surface area contributed by atoms with Crippen molar-refractivity contribution in [1.29, 1.82) is 0 Å². The van der Waals surface area contributed by atoms with Crippen molar-refractivity contribution in [3.63, 3.8) is 0 Å². The van der Waals surface area contributed by atoms with Gasteiger partial charge in [0.2, 0.25) is 5.91 Å². The first kappa shape index (κ1) is 11.8. The lowest BCUT2D eigenvalue weighted by molar-refractivity contribution is -0.134. The zero-order chi connectivity index (χ0) is 11.5. The highest BCUT2D eigenvalue weighted by Gasteiger charge is 2.37. The average Bonchev–Trinajstić information content (AvgIpc) is 2.88. The predicted octanol–water partition coefficient (Wildman–Crippen LogP) is -0.796. The molecule has 0 aromatic heterocycles. The van der Waals surface area contributed by atoms with Crippen LogP contribution in [-0.2, 0) is 9.53 Å². The number of aliphatic hydroxyl groups excluding tert-OH is 1. The van der Waals surface area contributed by atoms with Crippen LogP contribution in [0.1, 0.15) is 13.3 Å². The Morgan fingerprint density at radius 1 is 1.56 bits per heavy atom. The molecular weight excluding hydrogens is 208 g/mol. The van der Waals surface area contributed by atoms with E-state index in [0.29, 0.717) is 19.7 Å². The normalized spacial score (nSPS) is 34.6. The Kier molecular flexibility index (Phi) is 3.78. The second-order valence-electron chi connectivity index (χ2n) is 4.49. The predicted molar refractivity (Wildman–Crippen MR) is 59.0 cm³/mol. The van der Waals surface area contributed by atoms with Crippen LogP contribution in [0.5, 0.6) is 0 Å². The SMILES string of the molecule is CCO[C@@H]1CN(C(=O)[C@H]2CCNC2)C[C@H]1O. The Hall–Kier alpha value is -0.650. The molecule has 0 aliphatic carbocycles. The third-order valence-corrected chi connectivity index (χ3v) is 3.34. The van der Waals surface area contributed by atoms with Crippen molar-refractivity contribution in [3.8, 4) is 0 Å². The Morgan fingerprint density at radius 3 is 3.00 bits per heavy atom.